The van der Waals surface area contributed by atoms with Gasteiger partial charge in [0.1, 0.15) is 5.82 Å². The molecule has 0 bridgehead atoms. The molecule has 0 aliphatic heterocycles. The van der Waals surface area contributed by atoms with Crippen molar-refractivity contribution < 1.29 is 30.8 Å². The number of sulfonamides is 1. The monoisotopic (exact) mass is 374 g/mol. The maximum atomic E-state index is 13.0. The van der Waals surface area contributed by atoms with Crippen molar-refractivity contribution in [3.05, 3.63) is 70.6 Å². The van der Waals surface area contributed by atoms with E-state index in [0.29, 0.717) is 17.5 Å². The number of carbonyl (C=O) groups excluding carboxylic acids is 1. The number of halogens is 4. The second kappa shape index (κ2) is 7.01. The molecule has 0 radical (unpaired) electrons. The van der Waals surface area contributed by atoms with E-state index in [9.17, 15) is 30.8 Å². The first kappa shape index (κ1) is 18.6. The predicted octanol–water partition coefficient (Wildman–Crippen LogP) is 2.97. The van der Waals surface area contributed by atoms with Gasteiger partial charge < -0.3 is 0 Å². The number of pyridine rings is 1. The molecule has 1 N–H and O–H groups in total. The minimum absolute atomic E-state index is 0.116. The first-order valence-corrected chi connectivity index (χ1v) is 8.16. The summed E-state index contributed by atoms with van der Waals surface area (Å²) in [5.74, 6) is -2.74. The molecule has 2 rings (SSSR count). The smallest absolute Gasteiger partial charge is 0.268 e. The Kier molecular flexibility index (Phi) is 5.21. The lowest BCUT2D eigenvalue weighted by atomic mass is 10.1. The fourth-order valence-corrected chi connectivity index (χ4v) is 2.56. The van der Waals surface area contributed by atoms with Crippen LogP contribution in [0, 0.1) is 5.82 Å². The lowest BCUT2D eigenvalue weighted by molar-refractivity contribution is -0.138. The number of alkyl halides is 3. The summed E-state index contributed by atoms with van der Waals surface area (Å²) < 4.78 is 76.7. The number of nitrogens with zero attached hydrogens (tertiary/aromatic N) is 1. The van der Waals surface area contributed by atoms with Crippen LogP contribution in [0.15, 0.2) is 48.0 Å². The van der Waals surface area contributed by atoms with Crippen LogP contribution in [0.3, 0.4) is 0 Å². The van der Waals surface area contributed by atoms with Gasteiger partial charge in [-0.2, -0.15) is 13.2 Å². The molecule has 0 fully saturated rings. The molecular formula is C15H10F4N2O3S. The molecule has 1 aromatic carbocycles. The predicted molar refractivity (Wildman–Crippen MR) is 81.1 cm³/mol. The van der Waals surface area contributed by atoms with Crippen LogP contribution in [0.1, 0.15) is 21.6 Å². The summed E-state index contributed by atoms with van der Waals surface area (Å²) in [5.41, 5.74) is -2.32. The van der Waals surface area contributed by atoms with Crippen LogP contribution < -0.4 is 4.72 Å². The van der Waals surface area contributed by atoms with Gasteiger partial charge in [0.25, 0.3) is 15.9 Å². The molecule has 0 saturated carbocycles. The minimum Gasteiger partial charge on any atom is -0.268 e. The topological polar surface area (TPSA) is 76.1 Å². The Morgan fingerprint density at radius 3 is 2.48 bits per heavy atom. The molecule has 1 aromatic heterocycles. The van der Waals surface area contributed by atoms with Crippen LogP contribution >= 0.6 is 0 Å². The number of aromatic nitrogens is 1. The van der Waals surface area contributed by atoms with Crippen LogP contribution in [0.2, 0.25) is 0 Å². The number of nitrogens with one attached hydrogen (secondary N) is 1. The first-order chi connectivity index (χ1) is 11.6. The number of carbonyl (C=O) groups is 1. The van der Waals surface area contributed by atoms with Gasteiger partial charge in [-0.25, -0.2) is 17.5 Å². The van der Waals surface area contributed by atoms with Gasteiger partial charge in [0, 0.05) is 6.20 Å². The van der Waals surface area contributed by atoms with Crippen LogP contribution in [0.25, 0.3) is 6.08 Å². The van der Waals surface area contributed by atoms with Crippen molar-refractivity contribution in [2.45, 2.75) is 6.18 Å². The van der Waals surface area contributed by atoms with Gasteiger partial charge >= 0.3 is 6.18 Å². The number of hydrogen-bond donors (Lipinski definition) is 1. The Bertz CT molecular complexity index is 910. The van der Waals surface area contributed by atoms with Crippen LogP contribution in [-0.2, 0) is 16.2 Å². The Morgan fingerprint density at radius 1 is 1.16 bits per heavy atom. The van der Waals surface area contributed by atoms with Crippen molar-refractivity contribution >= 4 is 22.0 Å². The maximum absolute atomic E-state index is 13.0. The van der Waals surface area contributed by atoms with Gasteiger partial charge in [0.15, 0.2) is 0 Å². The molecule has 1 amide bonds. The number of hydrogen-bond acceptors (Lipinski definition) is 4. The van der Waals surface area contributed by atoms with Gasteiger partial charge in [-0.05, 0) is 36.4 Å². The van der Waals surface area contributed by atoms with Crippen molar-refractivity contribution in [2.24, 2.45) is 0 Å². The zero-order valence-electron chi connectivity index (χ0n) is 12.3. The molecule has 2 aromatic rings. The highest BCUT2D eigenvalue weighted by molar-refractivity contribution is 7.93. The molecule has 0 atom stereocenters. The van der Waals surface area contributed by atoms with E-state index in [-0.39, 0.29) is 11.8 Å². The van der Waals surface area contributed by atoms with E-state index in [1.807, 2.05) is 0 Å². The second-order valence-electron chi connectivity index (χ2n) is 4.72. The first-order valence-electron chi connectivity index (χ1n) is 6.61. The Morgan fingerprint density at radius 2 is 1.88 bits per heavy atom. The fraction of sp³-hybridized carbons (Fsp3) is 0.0667. The molecule has 0 saturated heterocycles. The molecule has 5 nitrogen and oxygen atoms in total. The summed E-state index contributed by atoms with van der Waals surface area (Å²) in [6.07, 6.45) is -2.56. The third-order valence-corrected chi connectivity index (χ3v) is 3.84. The Balaban J connectivity index is 2.26. The SMILES string of the molecule is O=C(NS(=O)(=O)C=Cc1ccccn1)c1ccc(F)cc1C(F)(F)F. The number of amides is 1. The van der Waals surface area contributed by atoms with Crippen molar-refractivity contribution in [3.63, 3.8) is 0 Å². The van der Waals surface area contributed by atoms with Gasteiger partial charge in [0.05, 0.1) is 22.2 Å². The molecule has 0 aliphatic rings. The summed E-state index contributed by atoms with van der Waals surface area (Å²) in [5, 5.41) is 0.587. The molecule has 1 heterocycles. The third kappa shape index (κ3) is 5.11. The van der Waals surface area contributed by atoms with E-state index in [1.54, 1.807) is 12.1 Å². The van der Waals surface area contributed by atoms with E-state index < -0.39 is 39.1 Å². The Hall–Kier alpha value is -2.75. The van der Waals surface area contributed by atoms with Crippen molar-refractivity contribution in [1.29, 1.82) is 0 Å². The largest absolute Gasteiger partial charge is 0.417 e. The quantitative estimate of drug-likeness (QED) is 0.835. The average molecular weight is 374 g/mol. The normalized spacial score (nSPS) is 12.3. The number of benzene rings is 1. The second-order valence-corrected chi connectivity index (χ2v) is 6.29. The van der Waals surface area contributed by atoms with Crippen LogP contribution in [0.4, 0.5) is 17.6 Å². The zero-order chi connectivity index (χ0) is 18.7. The third-order valence-electron chi connectivity index (χ3n) is 2.87. The van der Waals surface area contributed by atoms with Gasteiger partial charge in [0.2, 0.25) is 0 Å². The summed E-state index contributed by atoms with van der Waals surface area (Å²) in [6.45, 7) is 0. The van der Waals surface area contributed by atoms with E-state index >= 15 is 0 Å². The number of rotatable bonds is 4. The van der Waals surface area contributed by atoms with Crippen molar-refractivity contribution in [3.8, 4) is 0 Å². The van der Waals surface area contributed by atoms with Crippen molar-refractivity contribution in [2.75, 3.05) is 0 Å². The Labute approximate surface area is 140 Å². The molecule has 25 heavy (non-hydrogen) atoms. The van der Waals surface area contributed by atoms with E-state index in [4.69, 9.17) is 0 Å². The summed E-state index contributed by atoms with van der Waals surface area (Å²) in [6, 6.07) is 5.97. The summed E-state index contributed by atoms with van der Waals surface area (Å²) >= 11 is 0. The zero-order valence-corrected chi connectivity index (χ0v) is 13.1. The lowest BCUT2D eigenvalue weighted by Gasteiger charge is -2.12. The molecular weight excluding hydrogens is 364 g/mol. The molecule has 132 valence electrons. The fourth-order valence-electron chi connectivity index (χ4n) is 1.80. The summed E-state index contributed by atoms with van der Waals surface area (Å²) in [7, 11) is -4.38. The van der Waals surface area contributed by atoms with E-state index in [2.05, 4.69) is 4.98 Å². The standard InChI is InChI=1S/C15H10F4N2O3S/c16-10-4-5-12(13(9-10)15(17,18)19)14(22)21-25(23,24)8-6-11-3-1-2-7-20-11/h1-9H,(H,21,22). The minimum atomic E-state index is -5.03. The van der Waals surface area contributed by atoms with Crippen molar-refractivity contribution in [1.82, 2.24) is 9.71 Å². The molecule has 0 spiro atoms. The van der Waals surface area contributed by atoms with Crippen LogP contribution in [-0.4, -0.2) is 19.3 Å². The average Bonchev–Trinajstić information content (AvgIpc) is 2.52. The van der Waals surface area contributed by atoms with Gasteiger partial charge in [-0.15, -0.1) is 0 Å². The molecule has 0 unspecified atom stereocenters. The van der Waals surface area contributed by atoms with Gasteiger partial charge in [-0.1, -0.05) is 6.07 Å². The highest BCUT2D eigenvalue weighted by atomic mass is 32.2. The van der Waals surface area contributed by atoms with E-state index in [0.717, 1.165) is 6.08 Å². The van der Waals surface area contributed by atoms with E-state index in [1.165, 1.54) is 17.0 Å². The lowest BCUT2D eigenvalue weighted by Crippen LogP contribution is -2.30. The van der Waals surface area contributed by atoms with Gasteiger partial charge in [-0.3, -0.25) is 9.78 Å². The highest BCUT2D eigenvalue weighted by Crippen LogP contribution is 2.32. The highest BCUT2D eigenvalue weighted by Gasteiger charge is 2.36. The molecule has 0 aliphatic carbocycles. The summed E-state index contributed by atoms with van der Waals surface area (Å²) in [4.78, 5) is 15.7. The maximum Gasteiger partial charge on any atom is 0.417 e. The molecule has 10 heteroatoms. The van der Waals surface area contributed by atoms with Crippen LogP contribution in [0.5, 0.6) is 0 Å².